The molecule has 0 unspecified atom stereocenters. The third kappa shape index (κ3) is 2.68. The van der Waals surface area contributed by atoms with E-state index in [4.69, 9.17) is 0 Å². The number of rotatable bonds is 2. The number of carbonyl (C=O) groups excluding carboxylic acids is 1. The summed E-state index contributed by atoms with van der Waals surface area (Å²) in [6, 6.07) is 12.8. The number of carbonyl (C=O) groups is 1. The van der Waals surface area contributed by atoms with E-state index in [0.717, 1.165) is 11.1 Å². The van der Waals surface area contributed by atoms with Gasteiger partial charge in [0.15, 0.2) is 0 Å². The second-order valence-electron chi connectivity index (χ2n) is 6.76. The lowest BCUT2D eigenvalue weighted by Gasteiger charge is -2.49. The van der Waals surface area contributed by atoms with Gasteiger partial charge in [0.25, 0.3) is 0 Å². The van der Waals surface area contributed by atoms with Gasteiger partial charge in [0.1, 0.15) is 0 Å². The number of nitrogens with one attached hydrogen (secondary N) is 1. The number of amides is 1. The molecule has 1 aromatic heterocycles. The zero-order chi connectivity index (χ0) is 15.8. The molecule has 3 aliphatic heterocycles. The van der Waals surface area contributed by atoms with E-state index >= 15 is 0 Å². The molecule has 0 spiro atoms. The van der Waals surface area contributed by atoms with E-state index < -0.39 is 0 Å². The number of hydrogen-bond donors (Lipinski definition) is 1. The first-order valence-corrected chi connectivity index (χ1v) is 8.51. The first-order valence-electron chi connectivity index (χ1n) is 8.51. The lowest BCUT2D eigenvalue weighted by atomic mass is 9.79. The van der Waals surface area contributed by atoms with E-state index in [9.17, 15) is 4.79 Å². The molecule has 0 radical (unpaired) electrons. The van der Waals surface area contributed by atoms with Crippen molar-refractivity contribution in [3.63, 3.8) is 0 Å². The van der Waals surface area contributed by atoms with Crippen LogP contribution in [0.2, 0.25) is 0 Å². The molecule has 3 saturated heterocycles. The molecule has 4 heterocycles. The van der Waals surface area contributed by atoms with Gasteiger partial charge in [-0.1, -0.05) is 30.3 Å². The first kappa shape index (κ1) is 14.5. The van der Waals surface area contributed by atoms with Crippen LogP contribution in [-0.2, 0) is 0 Å². The minimum Gasteiger partial charge on any atom is -0.333 e. The summed E-state index contributed by atoms with van der Waals surface area (Å²) in [7, 11) is 0. The van der Waals surface area contributed by atoms with Gasteiger partial charge >= 0.3 is 6.03 Å². The molecule has 0 aliphatic carbocycles. The molecular weight excluding hydrogens is 286 g/mol. The van der Waals surface area contributed by atoms with Gasteiger partial charge in [-0.15, -0.1) is 0 Å². The van der Waals surface area contributed by atoms with Crippen molar-refractivity contribution in [3.05, 3.63) is 48.8 Å². The van der Waals surface area contributed by atoms with Crippen LogP contribution in [-0.4, -0.2) is 40.7 Å². The summed E-state index contributed by atoms with van der Waals surface area (Å²) in [4.78, 5) is 15.1. The van der Waals surface area contributed by atoms with Crippen molar-refractivity contribution >= 4 is 6.03 Å². The normalized spacial score (nSPS) is 29.4. The average molecular weight is 309 g/mol. The van der Waals surface area contributed by atoms with Crippen molar-refractivity contribution in [2.75, 3.05) is 13.1 Å². The Morgan fingerprint density at radius 3 is 2.52 bits per heavy atom. The maximum absolute atomic E-state index is 12.6. The fraction of sp³-hybridized carbons (Fsp3) is 0.421. The summed E-state index contributed by atoms with van der Waals surface area (Å²) in [5.74, 6) is 0.628. The first-order chi connectivity index (χ1) is 11.2. The highest BCUT2D eigenvalue weighted by Gasteiger charge is 2.40. The second kappa shape index (κ2) is 5.85. The predicted molar refractivity (Wildman–Crippen MR) is 91.3 cm³/mol. The quantitative estimate of drug-likeness (QED) is 0.925. The van der Waals surface area contributed by atoms with Crippen molar-refractivity contribution in [2.45, 2.75) is 31.8 Å². The zero-order valence-electron chi connectivity index (χ0n) is 13.5. The molecule has 120 valence electrons. The molecule has 4 nitrogen and oxygen atoms in total. The number of piperidine rings is 3. The Balaban J connectivity index is 1.49. The largest absolute Gasteiger partial charge is 0.333 e. The van der Waals surface area contributed by atoms with Crippen LogP contribution in [0.1, 0.15) is 19.8 Å². The zero-order valence-corrected chi connectivity index (χ0v) is 13.5. The minimum absolute atomic E-state index is 0.0159. The number of hydrogen-bond acceptors (Lipinski definition) is 2. The highest BCUT2D eigenvalue weighted by molar-refractivity contribution is 5.79. The molecule has 4 heteroatoms. The van der Waals surface area contributed by atoms with Crippen LogP contribution >= 0.6 is 0 Å². The monoisotopic (exact) mass is 309 g/mol. The van der Waals surface area contributed by atoms with Gasteiger partial charge in [-0.25, -0.2) is 4.79 Å². The van der Waals surface area contributed by atoms with Crippen LogP contribution in [0.25, 0.3) is 11.1 Å². The SMILES string of the molecule is C[C@H]1[C@H](NC(=O)n2ccc(-c3ccccc3)c2)C2CCN1CC2. The maximum atomic E-state index is 12.6. The van der Waals surface area contributed by atoms with Gasteiger partial charge in [0.2, 0.25) is 0 Å². The van der Waals surface area contributed by atoms with Crippen LogP contribution in [0.5, 0.6) is 0 Å². The van der Waals surface area contributed by atoms with E-state index in [1.807, 2.05) is 36.7 Å². The summed E-state index contributed by atoms with van der Waals surface area (Å²) < 4.78 is 1.67. The van der Waals surface area contributed by atoms with E-state index in [0.29, 0.717) is 12.0 Å². The summed E-state index contributed by atoms with van der Waals surface area (Å²) >= 11 is 0. The van der Waals surface area contributed by atoms with Gasteiger partial charge in [-0.3, -0.25) is 9.47 Å². The number of fused-ring (bicyclic) bond motifs is 3. The lowest BCUT2D eigenvalue weighted by molar-refractivity contribution is 0.0267. The topological polar surface area (TPSA) is 37.3 Å². The molecule has 1 amide bonds. The fourth-order valence-electron chi connectivity index (χ4n) is 4.09. The Kier molecular flexibility index (Phi) is 3.69. The van der Waals surface area contributed by atoms with Gasteiger partial charge in [0, 0.05) is 24.5 Å². The third-order valence-electron chi connectivity index (χ3n) is 5.50. The van der Waals surface area contributed by atoms with Crippen LogP contribution in [0.4, 0.5) is 4.79 Å². The minimum atomic E-state index is -0.0159. The van der Waals surface area contributed by atoms with Crippen molar-refractivity contribution in [1.82, 2.24) is 14.8 Å². The highest BCUT2D eigenvalue weighted by atomic mass is 16.2. The molecule has 2 bridgehead atoms. The predicted octanol–water partition coefficient (Wildman–Crippen LogP) is 3.20. The number of nitrogens with zero attached hydrogens (tertiary/aromatic N) is 2. The summed E-state index contributed by atoms with van der Waals surface area (Å²) in [5.41, 5.74) is 2.21. The van der Waals surface area contributed by atoms with Crippen molar-refractivity contribution in [1.29, 1.82) is 0 Å². The average Bonchev–Trinajstić information content (AvgIpc) is 3.09. The molecule has 3 fully saturated rings. The van der Waals surface area contributed by atoms with Gasteiger partial charge in [-0.05, 0) is 56.0 Å². The molecule has 3 aliphatic rings. The summed E-state index contributed by atoms with van der Waals surface area (Å²) in [6.07, 6.45) is 6.17. The number of benzene rings is 1. The molecule has 1 N–H and O–H groups in total. The van der Waals surface area contributed by atoms with E-state index in [1.54, 1.807) is 4.57 Å². The Morgan fingerprint density at radius 2 is 1.83 bits per heavy atom. The Hall–Kier alpha value is -2.07. The van der Waals surface area contributed by atoms with E-state index in [-0.39, 0.29) is 12.1 Å². The highest BCUT2D eigenvalue weighted by Crippen LogP contribution is 2.32. The third-order valence-corrected chi connectivity index (χ3v) is 5.50. The molecule has 2 atom stereocenters. The molecule has 0 saturated carbocycles. The van der Waals surface area contributed by atoms with Gasteiger partial charge in [0.05, 0.1) is 0 Å². The summed E-state index contributed by atoms with van der Waals surface area (Å²) in [6.45, 7) is 4.60. The van der Waals surface area contributed by atoms with Gasteiger partial charge < -0.3 is 5.32 Å². The van der Waals surface area contributed by atoms with Crippen molar-refractivity contribution in [2.24, 2.45) is 5.92 Å². The smallest absolute Gasteiger partial charge is 0.325 e. The van der Waals surface area contributed by atoms with Crippen LogP contribution in [0.3, 0.4) is 0 Å². The van der Waals surface area contributed by atoms with Gasteiger partial charge in [-0.2, -0.15) is 0 Å². The maximum Gasteiger partial charge on any atom is 0.325 e. The second-order valence-corrected chi connectivity index (χ2v) is 6.76. The molecular formula is C19H23N3O. The molecule has 2 aromatic rings. The van der Waals surface area contributed by atoms with Crippen molar-refractivity contribution < 1.29 is 4.79 Å². The Labute approximate surface area is 137 Å². The Bertz CT molecular complexity index is 684. The standard InChI is InChI=1S/C19H23N3O/c1-14-18(16-7-10-21(14)11-8-16)20-19(23)22-12-9-17(13-22)15-5-3-2-4-6-15/h2-6,9,12-14,16,18H,7-8,10-11H2,1H3,(H,20,23)/t14-,18-/m0/s1. The van der Waals surface area contributed by atoms with E-state index in [2.05, 4.69) is 29.3 Å². The molecule has 23 heavy (non-hydrogen) atoms. The molecule has 1 aromatic carbocycles. The molecule has 5 rings (SSSR count). The number of aromatic nitrogens is 1. The van der Waals surface area contributed by atoms with Crippen LogP contribution in [0, 0.1) is 5.92 Å². The van der Waals surface area contributed by atoms with E-state index in [1.165, 1.54) is 25.9 Å². The summed E-state index contributed by atoms with van der Waals surface area (Å²) in [5, 5.41) is 3.26. The Morgan fingerprint density at radius 1 is 1.09 bits per heavy atom. The van der Waals surface area contributed by atoms with Crippen LogP contribution < -0.4 is 5.32 Å². The lowest BCUT2D eigenvalue weighted by Crippen LogP contribution is -2.62. The van der Waals surface area contributed by atoms with Crippen LogP contribution in [0.15, 0.2) is 48.8 Å². The van der Waals surface area contributed by atoms with Crippen molar-refractivity contribution in [3.8, 4) is 11.1 Å². The fourth-order valence-corrected chi connectivity index (χ4v) is 4.09.